The Kier molecular flexibility index (Phi) is 9.02. The number of hydrogen-bond donors (Lipinski definition) is 0. The van der Waals surface area contributed by atoms with Crippen molar-refractivity contribution in [1.29, 1.82) is 0 Å². The number of aromatic nitrogens is 1. The summed E-state index contributed by atoms with van der Waals surface area (Å²) < 4.78 is 29.3. The SMILES string of the molecule is CC(C)=CCOC(=O)[C@]12OC(=O)C[C@H]1CS(=O)[C@@H]1[C@H](CC(=O)/C(=N\OCC(=O)OC(C)(C)C)c3csc(C)n3)C(=O)N12. The van der Waals surface area contributed by atoms with E-state index in [1.54, 1.807) is 39.2 Å². The van der Waals surface area contributed by atoms with Gasteiger partial charge in [0.15, 0.2) is 11.5 Å². The molecule has 3 fully saturated rings. The first-order chi connectivity index (χ1) is 19.6. The second-order valence-electron chi connectivity index (χ2n) is 11.4. The molecule has 42 heavy (non-hydrogen) atoms. The van der Waals surface area contributed by atoms with E-state index in [1.807, 2.05) is 13.8 Å². The maximum Gasteiger partial charge on any atom is 0.373 e. The van der Waals surface area contributed by atoms with Crippen LogP contribution < -0.4 is 0 Å². The van der Waals surface area contributed by atoms with Crippen LogP contribution in [0, 0.1) is 18.8 Å². The number of nitrogens with zero attached hydrogens (tertiary/aromatic N) is 3. The standard InChI is InChI=1S/C27H33N3O10S2/c1-14(2)7-8-37-25(35)27-16(9-20(32)40-27)13-42(36)24-17(23(34)30(24)27)10-19(31)22(18-12-41-15(3)28-18)29-38-11-21(33)39-26(4,5)6/h7,12,16-17,24H,8-11,13H2,1-6H3/b29-22-/t16-,17+,24+,27+,42?/m0/s1. The molecule has 1 unspecified atom stereocenters. The van der Waals surface area contributed by atoms with Crippen LogP contribution in [0.25, 0.3) is 0 Å². The molecule has 0 aromatic carbocycles. The molecule has 0 radical (unpaired) electrons. The maximum absolute atomic E-state index is 13.5. The van der Waals surface area contributed by atoms with Crippen molar-refractivity contribution < 1.29 is 47.2 Å². The van der Waals surface area contributed by atoms with Crippen LogP contribution >= 0.6 is 11.3 Å². The third-order valence-electron chi connectivity index (χ3n) is 6.67. The molecular weight excluding hydrogens is 590 g/mol. The summed E-state index contributed by atoms with van der Waals surface area (Å²) in [5.74, 6) is -5.68. The zero-order valence-corrected chi connectivity index (χ0v) is 25.8. The molecular formula is C27H33N3O10S2. The van der Waals surface area contributed by atoms with Crippen LogP contribution in [0.4, 0.5) is 0 Å². The summed E-state index contributed by atoms with van der Waals surface area (Å²) >= 11 is 1.26. The summed E-state index contributed by atoms with van der Waals surface area (Å²) in [6.45, 7) is 9.78. The van der Waals surface area contributed by atoms with Gasteiger partial charge in [0, 0.05) is 28.4 Å². The van der Waals surface area contributed by atoms with E-state index in [2.05, 4.69) is 10.1 Å². The van der Waals surface area contributed by atoms with Crippen molar-refractivity contribution in [1.82, 2.24) is 9.88 Å². The van der Waals surface area contributed by atoms with Gasteiger partial charge in [-0.1, -0.05) is 10.7 Å². The van der Waals surface area contributed by atoms with Gasteiger partial charge in [0.25, 0.3) is 5.72 Å². The van der Waals surface area contributed by atoms with E-state index in [4.69, 9.17) is 19.0 Å². The number of β-lactam (4-membered cyclic amide) rings is 1. The minimum absolute atomic E-state index is 0.0894. The van der Waals surface area contributed by atoms with Crippen molar-refractivity contribution in [2.75, 3.05) is 19.0 Å². The van der Waals surface area contributed by atoms with Gasteiger partial charge in [-0.2, -0.15) is 0 Å². The number of amides is 1. The highest BCUT2D eigenvalue weighted by Gasteiger charge is 2.73. The first kappa shape index (κ1) is 31.5. The number of oxime groups is 1. The van der Waals surface area contributed by atoms with Crippen LogP contribution in [0.2, 0.25) is 0 Å². The molecule has 0 bridgehead atoms. The smallest absolute Gasteiger partial charge is 0.373 e. The van der Waals surface area contributed by atoms with Crippen LogP contribution in [0.15, 0.2) is 22.2 Å². The summed E-state index contributed by atoms with van der Waals surface area (Å²) in [6, 6.07) is 0. The zero-order valence-electron chi connectivity index (χ0n) is 24.2. The molecule has 228 valence electrons. The number of Topliss-reactive ketones (excluding diaryl/α,β-unsaturated/α-hetero) is 1. The number of ketones is 1. The molecule has 0 saturated carbocycles. The molecule has 1 amide bonds. The summed E-state index contributed by atoms with van der Waals surface area (Å²) in [5.41, 5.74) is -1.94. The highest BCUT2D eigenvalue weighted by atomic mass is 32.2. The van der Waals surface area contributed by atoms with Crippen molar-refractivity contribution in [3.8, 4) is 0 Å². The van der Waals surface area contributed by atoms with Crippen molar-refractivity contribution in [3.63, 3.8) is 0 Å². The number of carbonyl (C=O) groups excluding carboxylic acids is 5. The highest BCUT2D eigenvalue weighted by Crippen LogP contribution is 2.51. The average molecular weight is 624 g/mol. The second-order valence-corrected chi connectivity index (χ2v) is 14.0. The van der Waals surface area contributed by atoms with E-state index in [0.29, 0.717) is 5.01 Å². The molecule has 3 aliphatic heterocycles. The molecule has 1 aromatic rings. The minimum Gasteiger partial charge on any atom is -0.457 e. The Morgan fingerprint density at radius 3 is 2.62 bits per heavy atom. The van der Waals surface area contributed by atoms with Crippen LogP contribution in [-0.2, 0) is 53.8 Å². The number of rotatable bonds is 10. The Labute approximate surface area is 249 Å². The number of thiazole rings is 1. The maximum atomic E-state index is 13.5. The van der Waals surface area contributed by atoms with E-state index in [0.717, 1.165) is 10.5 Å². The number of allylic oxidation sites excluding steroid dienone is 1. The Morgan fingerprint density at radius 1 is 1.29 bits per heavy atom. The van der Waals surface area contributed by atoms with Crippen molar-refractivity contribution in [3.05, 3.63) is 27.7 Å². The van der Waals surface area contributed by atoms with E-state index in [-0.39, 0.29) is 30.2 Å². The minimum atomic E-state index is -2.04. The Morgan fingerprint density at radius 2 is 2.00 bits per heavy atom. The van der Waals surface area contributed by atoms with Crippen LogP contribution in [0.3, 0.4) is 0 Å². The number of ether oxygens (including phenoxy) is 3. The third kappa shape index (κ3) is 6.31. The lowest BCUT2D eigenvalue weighted by Gasteiger charge is -2.56. The van der Waals surface area contributed by atoms with E-state index in [9.17, 15) is 28.2 Å². The van der Waals surface area contributed by atoms with Crippen LogP contribution in [0.1, 0.15) is 58.2 Å². The number of esters is 3. The fourth-order valence-electron chi connectivity index (χ4n) is 4.94. The number of fused-ring (bicyclic) bond motifs is 3. The van der Waals surface area contributed by atoms with Gasteiger partial charge in [-0.05, 0) is 47.6 Å². The topological polar surface area (TPSA) is 168 Å². The fraction of sp³-hybridized carbons (Fsp3) is 0.593. The molecule has 0 spiro atoms. The Hall–Kier alpha value is -3.46. The van der Waals surface area contributed by atoms with Gasteiger partial charge in [0.2, 0.25) is 12.5 Å². The number of aryl methyl sites for hydroxylation is 1. The molecule has 3 saturated heterocycles. The lowest BCUT2D eigenvalue weighted by atomic mass is 9.84. The molecule has 5 atom stereocenters. The monoisotopic (exact) mass is 623 g/mol. The quantitative estimate of drug-likeness (QED) is 0.0930. The zero-order chi connectivity index (χ0) is 31.0. The molecule has 13 nitrogen and oxygen atoms in total. The summed E-state index contributed by atoms with van der Waals surface area (Å²) in [6.07, 6.45) is 1.03. The first-order valence-electron chi connectivity index (χ1n) is 13.2. The van der Waals surface area contributed by atoms with Gasteiger partial charge in [0.1, 0.15) is 23.3 Å². The summed E-state index contributed by atoms with van der Waals surface area (Å²) in [4.78, 5) is 75.0. The Bertz CT molecular complexity index is 1390. The normalized spacial score (nSPS) is 26.8. The highest BCUT2D eigenvalue weighted by molar-refractivity contribution is 7.85. The molecule has 4 heterocycles. The fourth-order valence-corrected chi connectivity index (χ4v) is 7.55. The molecule has 1 aromatic heterocycles. The van der Waals surface area contributed by atoms with E-state index >= 15 is 0 Å². The third-order valence-corrected chi connectivity index (χ3v) is 9.25. The lowest BCUT2D eigenvalue weighted by Crippen LogP contribution is -2.78. The first-order valence-corrected chi connectivity index (χ1v) is 15.5. The van der Waals surface area contributed by atoms with Crippen molar-refractivity contribution in [2.24, 2.45) is 17.0 Å². The molecule has 0 N–H and O–H groups in total. The van der Waals surface area contributed by atoms with Gasteiger partial charge in [-0.15, -0.1) is 11.3 Å². The molecule has 4 rings (SSSR count). The summed E-state index contributed by atoms with van der Waals surface area (Å²) in [7, 11) is -1.70. The molecule has 15 heteroatoms. The predicted molar refractivity (Wildman–Crippen MR) is 149 cm³/mol. The lowest BCUT2D eigenvalue weighted by molar-refractivity contribution is -0.222. The van der Waals surface area contributed by atoms with Gasteiger partial charge < -0.3 is 19.0 Å². The Balaban J connectivity index is 1.55. The van der Waals surface area contributed by atoms with Gasteiger partial charge in [-0.3, -0.25) is 23.5 Å². The predicted octanol–water partition coefficient (Wildman–Crippen LogP) is 1.79. The largest absolute Gasteiger partial charge is 0.457 e. The van der Waals surface area contributed by atoms with Crippen molar-refractivity contribution in [2.45, 2.75) is 71.1 Å². The molecule has 3 aliphatic rings. The average Bonchev–Trinajstić information content (AvgIpc) is 3.44. The van der Waals surface area contributed by atoms with E-state index in [1.165, 1.54) is 11.3 Å². The van der Waals surface area contributed by atoms with Crippen molar-refractivity contribution >= 4 is 57.4 Å². The van der Waals surface area contributed by atoms with Crippen LogP contribution in [-0.4, -0.2) is 85.1 Å². The van der Waals surface area contributed by atoms with Gasteiger partial charge in [-0.25, -0.2) is 14.6 Å². The van der Waals surface area contributed by atoms with E-state index < -0.39 is 82.0 Å². The number of carbonyl (C=O) groups is 5. The second kappa shape index (κ2) is 12.0. The van der Waals surface area contributed by atoms with Gasteiger partial charge in [0.05, 0.1) is 23.3 Å². The number of hydrogen-bond acceptors (Lipinski definition) is 13. The summed E-state index contributed by atoms with van der Waals surface area (Å²) in [5, 5.41) is 5.00. The van der Waals surface area contributed by atoms with Crippen LogP contribution in [0.5, 0.6) is 0 Å². The van der Waals surface area contributed by atoms with Gasteiger partial charge >= 0.3 is 17.9 Å². The molecule has 0 aliphatic carbocycles.